The normalized spacial score (nSPS) is 14.4. The van der Waals surface area contributed by atoms with Crippen LogP contribution in [0.3, 0.4) is 0 Å². The number of ketones is 1. The Hall–Kier alpha value is -2.42. The molecule has 2 heterocycles. The third-order valence-corrected chi connectivity index (χ3v) is 6.25. The monoisotopic (exact) mass is 475 g/mol. The molecule has 0 N–H and O–H groups in total. The van der Waals surface area contributed by atoms with E-state index in [1.807, 2.05) is 0 Å². The van der Waals surface area contributed by atoms with Gasteiger partial charge in [-0.05, 0) is 38.1 Å². The average molecular weight is 476 g/mol. The lowest BCUT2D eigenvalue weighted by Gasteiger charge is -2.25. The van der Waals surface area contributed by atoms with Gasteiger partial charge in [-0.25, -0.2) is 4.39 Å². The topological polar surface area (TPSA) is 68.5 Å². The Balaban J connectivity index is 1.32. The summed E-state index contributed by atoms with van der Waals surface area (Å²) in [6.07, 6.45) is 3.83. The minimum Gasteiger partial charge on any atom is -0.479 e. The number of thioether (sulfide) groups is 1. The molecular weight excluding hydrogens is 453 g/mol. The Morgan fingerprint density at radius 1 is 1.12 bits per heavy atom. The Labute approximate surface area is 195 Å². The molecule has 1 fully saturated rings. The average Bonchev–Trinajstić information content (AvgIpc) is 3.27. The molecule has 0 amide bonds. The van der Waals surface area contributed by atoms with Crippen LogP contribution in [0.25, 0.3) is 0 Å². The number of halogens is 2. The van der Waals surface area contributed by atoms with Crippen LogP contribution >= 0.6 is 23.4 Å². The number of rotatable bonds is 9. The summed E-state index contributed by atoms with van der Waals surface area (Å²) in [6, 6.07) is 11.1. The molecule has 0 spiro atoms. The molecule has 0 aliphatic carbocycles. The molecule has 32 heavy (non-hydrogen) atoms. The van der Waals surface area contributed by atoms with Crippen molar-refractivity contribution < 1.29 is 18.3 Å². The van der Waals surface area contributed by atoms with Crippen molar-refractivity contribution >= 4 is 29.1 Å². The van der Waals surface area contributed by atoms with Crippen LogP contribution in [0.5, 0.6) is 5.75 Å². The maximum Gasteiger partial charge on any atom is 0.276 e. The fraction of sp³-hybridized carbons (Fsp3) is 0.348. The van der Waals surface area contributed by atoms with E-state index in [0.717, 1.165) is 31.5 Å². The van der Waals surface area contributed by atoms with Crippen molar-refractivity contribution in [2.75, 3.05) is 25.4 Å². The van der Waals surface area contributed by atoms with Gasteiger partial charge in [-0.15, -0.1) is 10.2 Å². The Bertz CT molecular complexity index is 1030. The molecule has 6 nitrogen and oxygen atoms in total. The summed E-state index contributed by atoms with van der Waals surface area (Å²) in [5.74, 6) is -0.118. The Morgan fingerprint density at radius 2 is 1.91 bits per heavy atom. The van der Waals surface area contributed by atoms with Crippen LogP contribution in [0.1, 0.15) is 41.1 Å². The molecule has 1 saturated heterocycles. The number of aromatic nitrogens is 2. The summed E-state index contributed by atoms with van der Waals surface area (Å²) >= 11 is 7.68. The molecule has 0 radical (unpaired) electrons. The minimum atomic E-state index is -0.729. The van der Waals surface area contributed by atoms with Gasteiger partial charge in [0.2, 0.25) is 0 Å². The fourth-order valence-electron chi connectivity index (χ4n) is 3.52. The first-order chi connectivity index (χ1) is 15.6. The highest BCUT2D eigenvalue weighted by Crippen LogP contribution is 2.31. The largest absolute Gasteiger partial charge is 0.479 e. The zero-order valence-corrected chi connectivity index (χ0v) is 19.0. The van der Waals surface area contributed by atoms with Crippen molar-refractivity contribution in [2.45, 2.75) is 31.1 Å². The maximum atomic E-state index is 14.6. The van der Waals surface area contributed by atoms with Crippen LogP contribution in [0.4, 0.5) is 4.39 Å². The quantitative estimate of drug-likeness (QED) is 0.309. The van der Waals surface area contributed by atoms with Crippen LogP contribution < -0.4 is 4.74 Å². The lowest BCUT2D eigenvalue weighted by Crippen LogP contribution is -2.31. The van der Waals surface area contributed by atoms with Gasteiger partial charge in [-0.2, -0.15) is 0 Å². The van der Waals surface area contributed by atoms with Crippen molar-refractivity contribution in [3.63, 3.8) is 0 Å². The SMILES string of the molecule is O=C(c1ccccc1)c1cc(F)c(OCc2nnc(SCCN3CCCCC3)o2)c(Cl)c1. The molecule has 1 aromatic heterocycles. The smallest absolute Gasteiger partial charge is 0.276 e. The summed E-state index contributed by atoms with van der Waals surface area (Å²) in [5.41, 5.74) is 0.601. The standard InChI is InChI=1S/C23H23ClFN3O3S/c24-18-13-17(21(29)16-7-3-1-4-8-16)14-19(25)22(18)30-15-20-26-27-23(31-20)32-12-11-28-9-5-2-6-10-28/h1,3-4,7-8,13-14H,2,5-6,9-12,15H2. The van der Waals surface area contributed by atoms with E-state index in [2.05, 4.69) is 15.1 Å². The van der Waals surface area contributed by atoms with Gasteiger partial charge in [0, 0.05) is 23.4 Å². The van der Waals surface area contributed by atoms with E-state index in [9.17, 15) is 9.18 Å². The van der Waals surface area contributed by atoms with Crippen molar-refractivity contribution in [1.82, 2.24) is 15.1 Å². The molecule has 168 valence electrons. The van der Waals surface area contributed by atoms with E-state index in [1.165, 1.54) is 37.1 Å². The number of hydrogen-bond donors (Lipinski definition) is 0. The number of carbonyl (C=O) groups excluding carboxylic acids is 1. The highest BCUT2D eigenvalue weighted by molar-refractivity contribution is 7.99. The van der Waals surface area contributed by atoms with Crippen LogP contribution in [0.15, 0.2) is 52.1 Å². The molecule has 4 rings (SSSR count). The van der Waals surface area contributed by atoms with Crippen LogP contribution in [0, 0.1) is 5.82 Å². The van der Waals surface area contributed by atoms with Crippen molar-refractivity contribution in [1.29, 1.82) is 0 Å². The summed E-state index contributed by atoms with van der Waals surface area (Å²) in [5, 5.41) is 8.40. The lowest BCUT2D eigenvalue weighted by atomic mass is 10.0. The molecule has 0 bridgehead atoms. The summed E-state index contributed by atoms with van der Waals surface area (Å²) in [4.78, 5) is 15.0. The summed E-state index contributed by atoms with van der Waals surface area (Å²) < 4.78 is 25.6. The number of hydrogen-bond acceptors (Lipinski definition) is 7. The Kier molecular flexibility index (Phi) is 7.78. The van der Waals surface area contributed by atoms with E-state index < -0.39 is 5.82 Å². The van der Waals surface area contributed by atoms with Gasteiger partial charge < -0.3 is 14.1 Å². The highest BCUT2D eigenvalue weighted by Gasteiger charge is 2.18. The zero-order valence-electron chi connectivity index (χ0n) is 17.4. The van der Waals surface area contributed by atoms with Crippen LogP contribution in [0.2, 0.25) is 5.02 Å². The van der Waals surface area contributed by atoms with E-state index in [0.29, 0.717) is 10.8 Å². The van der Waals surface area contributed by atoms with Gasteiger partial charge in [-0.1, -0.05) is 60.1 Å². The molecule has 1 aliphatic heterocycles. The second-order valence-electron chi connectivity index (χ2n) is 7.47. The van der Waals surface area contributed by atoms with E-state index in [-0.39, 0.29) is 34.6 Å². The lowest BCUT2D eigenvalue weighted by molar-refractivity contribution is 0.103. The predicted molar refractivity (Wildman–Crippen MR) is 121 cm³/mol. The van der Waals surface area contributed by atoms with Crippen LogP contribution in [-0.4, -0.2) is 46.3 Å². The first kappa shape index (κ1) is 22.8. The number of carbonyl (C=O) groups is 1. The fourth-order valence-corrected chi connectivity index (χ4v) is 4.56. The van der Waals surface area contributed by atoms with Crippen LogP contribution in [-0.2, 0) is 6.61 Å². The Morgan fingerprint density at radius 3 is 2.66 bits per heavy atom. The van der Waals surface area contributed by atoms with Gasteiger partial charge in [0.05, 0.1) is 5.02 Å². The van der Waals surface area contributed by atoms with Gasteiger partial charge in [0.1, 0.15) is 0 Å². The summed E-state index contributed by atoms with van der Waals surface area (Å²) in [7, 11) is 0. The number of likely N-dealkylation sites (tertiary alicyclic amines) is 1. The third-order valence-electron chi connectivity index (χ3n) is 5.17. The molecule has 2 aromatic carbocycles. The first-order valence-electron chi connectivity index (χ1n) is 10.5. The third kappa shape index (κ3) is 5.88. The second-order valence-corrected chi connectivity index (χ2v) is 8.92. The molecule has 0 saturated carbocycles. The maximum absolute atomic E-state index is 14.6. The zero-order chi connectivity index (χ0) is 22.3. The van der Waals surface area contributed by atoms with Crippen molar-refractivity contribution in [3.8, 4) is 5.75 Å². The first-order valence-corrected chi connectivity index (χ1v) is 11.9. The van der Waals surface area contributed by atoms with Crippen molar-refractivity contribution in [3.05, 3.63) is 70.3 Å². The number of piperidine rings is 1. The van der Waals surface area contributed by atoms with E-state index in [4.69, 9.17) is 20.8 Å². The van der Waals surface area contributed by atoms with Gasteiger partial charge in [0.15, 0.2) is 24.0 Å². The van der Waals surface area contributed by atoms with E-state index >= 15 is 0 Å². The molecule has 0 unspecified atom stereocenters. The molecule has 3 aromatic rings. The molecule has 1 aliphatic rings. The molecule has 9 heteroatoms. The number of nitrogens with zero attached hydrogens (tertiary/aromatic N) is 3. The van der Waals surface area contributed by atoms with Gasteiger partial charge >= 0.3 is 0 Å². The summed E-state index contributed by atoms with van der Waals surface area (Å²) in [6.45, 7) is 3.15. The predicted octanol–water partition coefficient (Wildman–Crippen LogP) is 5.25. The molecule has 0 atom stereocenters. The van der Waals surface area contributed by atoms with Gasteiger partial charge in [0.25, 0.3) is 11.1 Å². The highest BCUT2D eigenvalue weighted by atomic mass is 35.5. The van der Waals surface area contributed by atoms with Gasteiger partial charge in [-0.3, -0.25) is 4.79 Å². The molecular formula is C23H23ClFN3O3S. The van der Waals surface area contributed by atoms with Crippen molar-refractivity contribution in [2.24, 2.45) is 0 Å². The van der Waals surface area contributed by atoms with E-state index in [1.54, 1.807) is 30.3 Å². The number of benzene rings is 2. The minimum absolute atomic E-state index is 0.0000681. The number of ether oxygens (including phenoxy) is 1. The second kappa shape index (κ2) is 10.9.